The standard InChI is InChI=1S/C32H19FN2O4/c1-18-16-25-28-23(17-24(29(25)37-18)27(36)20-10-6-3-7-11-20)26(19-8-4-2-5-9-19)30(38-28)32-34-31(35-39-32)21-12-14-22(33)15-13-21/h2-17H,1H3. The van der Waals surface area contributed by atoms with Crippen molar-refractivity contribution in [3.8, 4) is 34.2 Å². The fourth-order valence-corrected chi connectivity index (χ4v) is 4.86. The summed E-state index contributed by atoms with van der Waals surface area (Å²) >= 11 is 0. The summed E-state index contributed by atoms with van der Waals surface area (Å²) in [6.07, 6.45) is 0. The van der Waals surface area contributed by atoms with E-state index in [0.29, 0.717) is 61.5 Å². The lowest BCUT2D eigenvalue weighted by Gasteiger charge is -2.05. The second kappa shape index (κ2) is 8.92. The first-order chi connectivity index (χ1) is 19.1. The van der Waals surface area contributed by atoms with Crippen molar-refractivity contribution in [3.05, 3.63) is 120 Å². The molecule has 7 aromatic rings. The van der Waals surface area contributed by atoms with Crippen molar-refractivity contribution >= 4 is 27.7 Å². The third kappa shape index (κ3) is 3.83. The Morgan fingerprint density at radius 3 is 2.23 bits per heavy atom. The van der Waals surface area contributed by atoms with Gasteiger partial charge in [-0.1, -0.05) is 65.8 Å². The van der Waals surface area contributed by atoms with Gasteiger partial charge in [-0.15, -0.1) is 0 Å². The SMILES string of the molecule is Cc1cc2c(o1)c(C(=O)c1ccccc1)cc1c(-c3ccccc3)c(-c3nc(-c4ccc(F)cc4)no3)oc12. The smallest absolute Gasteiger partial charge is 0.294 e. The molecule has 4 aromatic carbocycles. The summed E-state index contributed by atoms with van der Waals surface area (Å²) in [4.78, 5) is 18.2. The Morgan fingerprint density at radius 1 is 0.769 bits per heavy atom. The van der Waals surface area contributed by atoms with E-state index in [0.717, 1.165) is 5.56 Å². The highest BCUT2D eigenvalue weighted by Crippen LogP contribution is 2.45. The molecule has 0 fully saturated rings. The molecular weight excluding hydrogens is 495 g/mol. The minimum absolute atomic E-state index is 0.157. The fourth-order valence-electron chi connectivity index (χ4n) is 4.86. The van der Waals surface area contributed by atoms with Crippen molar-refractivity contribution in [2.45, 2.75) is 6.92 Å². The average molecular weight is 515 g/mol. The molecule has 0 aliphatic heterocycles. The predicted molar refractivity (Wildman–Crippen MR) is 145 cm³/mol. The van der Waals surface area contributed by atoms with Crippen LogP contribution in [-0.4, -0.2) is 15.9 Å². The first-order valence-corrected chi connectivity index (χ1v) is 12.3. The molecule has 0 atom stereocenters. The third-order valence-electron chi connectivity index (χ3n) is 6.64. The second-order valence-corrected chi connectivity index (χ2v) is 9.20. The average Bonchev–Trinajstić information content (AvgIpc) is 3.70. The van der Waals surface area contributed by atoms with Crippen molar-refractivity contribution in [2.75, 3.05) is 0 Å². The summed E-state index contributed by atoms with van der Waals surface area (Å²) in [6, 6.07) is 28.3. The van der Waals surface area contributed by atoms with Crippen LogP contribution in [0.25, 0.3) is 56.1 Å². The lowest BCUT2D eigenvalue weighted by Crippen LogP contribution is -2.01. The number of fused-ring (bicyclic) bond motifs is 3. The van der Waals surface area contributed by atoms with Crippen LogP contribution >= 0.6 is 0 Å². The number of aromatic nitrogens is 2. The number of furan rings is 2. The lowest BCUT2D eigenvalue weighted by atomic mass is 9.96. The molecule has 0 radical (unpaired) electrons. The van der Waals surface area contributed by atoms with E-state index < -0.39 is 0 Å². The van der Waals surface area contributed by atoms with Crippen LogP contribution in [0.4, 0.5) is 4.39 Å². The van der Waals surface area contributed by atoms with Gasteiger partial charge in [0.05, 0.1) is 10.9 Å². The zero-order chi connectivity index (χ0) is 26.5. The molecule has 0 saturated heterocycles. The van der Waals surface area contributed by atoms with E-state index in [4.69, 9.17) is 13.4 Å². The Hall–Kier alpha value is -5.30. The van der Waals surface area contributed by atoms with E-state index in [2.05, 4.69) is 10.1 Å². The molecule has 0 bridgehead atoms. The number of nitrogens with zero attached hydrogens (tertiary/aromatic N) is 2. The van der Waals surface area contributed by atoms with E-state index in [1.165, 1.54) is 12.1 Å². The number of aryl methyl sites for hydroxylation is 1. The Balaban J connectivity index is 1.50. The molecule has 3 aromatic heterocycles. The lowest BCUT2D eigenvalue weighted by molar-refractivity contribution is 0.103. The molecule has 0 aliphatic rings. The number of benzene rings is 4. The van der Waals surface area contributed by atoms with Crippen molar-refractivity contribution in [1.82, 2.24) is 10.1 Å². The number of rotatable bonds is 5. The van der Waals surface area contributed by atoms with E-state index in [-0.39, 0.29) is 17.5 Å². The first-order valence-electron chi connectivity index (χ1n) is 12.3. The summed E-state index contributed by atoms with van der Waals surface area (Å²) in [7, 11) is 0. The van der Waals surface area contributed by atoms with Crippen molar-refractivity contribution in [2.24, 2.45) is 0 Å². The van der Waals surface area contributed by atoms with Crippen molar-refractivity contribution < 1.29 is 22.5 Å². The highest BCUT2D eigenvalue weighted by molar-refractivity contribution is 6.22. The summed E-state index contributed by atoms with van der Waals surface area (Å²) in [5.41, 5.74) is 4.14. The largest absolute Gasteiger partial charge is 0.460 e. The van der Waals surface area contributed by atoms with Crippen LogP contribution in [0.5, 0.6) is 0 Å². The van der Waals surface area contributed by atoms with Gasteiger partial charge in [0.15, 0.2) is 5.78 Å². The molecule has 0 saturated carbocycles. The summed E-state index contributed by atoms with van der Waals surface area (Å²) < 4.78 is 31.6. The Bertz CT molecular complexity index is 1990. The molecule has 6 nitrogen and oxygen atoms in total. The number of carbonyl (C=O) groups excluding carboxylic acids is 1. The molecule has 188 valence electrons. The van der Waals surface area contributed by atoms with Crippen molar-refractivity contribution in [3.63, 3.8) is 0 Å². The van der Waals surface area contributed by atoms with Gasteiger partial charge in [-0.3, -0.25) is 4.79 Å². The molecular formula is C32H19FN2O4. The van der Waals surface area contributed by atoms with Gasteiger partial charge in [0.2, 0.25) is 11.6 Å². The highest BCUT2D eigenvalue weighted by Gasteiger charge is 2.28. The van der Waals surface area contributed by atoms with E-state index in [1.54, 1.807) is 24.3 Å². The van der Waals surface area contributed by atoms with Gasteiger partial charge in [0, 0.05) is 22.1 Å². The van der Waals surface area contributed by atoms with Crippen LogP contribution in [0, 0.1) is 12.7 Å². The molecule has 7 heteroatoms. The van der Waals surface area contributed by atoms with Gasteiger partial charge >= 0.3 is 0 Å². The highest BCUT2D eigenvalue weighted by atomic mass is 19.1. The van der Waals surface area contributed by atoms with Gasteiger partial charge in [-0.2, -0.15) is 4.98 Å². The quantitative estimate of drug-likeness (QED) is 0.215. The predicted octanol–water partition coefficient (Wildman–Crippen LogP) is 8.24. The first kappa shape index (κ1) is 22.9. The number of halogens is 1. The molecule has 0 spiro atoms. The molecule has 0 N–H and O–H groups in total. The fraction of sp³-hybridized carbons (Fsp3) is 0.0312. The zero-order valence-corrected chi connectivity index (χ0v) is 20.6. The van der Waals surface area contributed by atoms with Crippen LogP contribution in [0.3, 0.4) is 0 Å². The van der Waals surface area contributed by atoms with Crippen molar-refractivity contribution in [1.29, 1.82) is 0 Å². The van der Waals surface area contributed by atoms with E-state index in [1.807, 2.05) is 67.6 Å². The molecule has 0 aliphatic carbocycles. The minimum atomic E-state index is -0.355. The van der Waals surface area contributed by atoms with Crippen LogP contribution in [0.2, 0.25) is 0 Å². The Labute approximate surface area is 221 Å². The Morgan fingerprint density at radius 2 is 1.49 bits per heavy atom. The summed E-state index contributed by atoms with van der Waals surface area (Å²) in [5.74, 6) is 0.959. The van der Waals surface area contributed by atoms with Gasteiger partial charge in [-0.05, 0) is 48.9 Å². The van der Waals surface area contributed by atoms with Gasteiger partial charge in [0.25, 0.3) is 5.89 Å². The van der Waals surface area contributed by atoms with Gasteiger partial charge in [-0.25, -0.2) is 4.39 Å². The minimum Gasteiger partial charge on any atom is -0.460 e. The van der Waals surface area contributed by atoms with Crippen LogP contribution in [0.1, 0.15) is 21.7 Å². The third-order valence-corrected chi connectivity index (χ3v) is 6.64. The second-order valence-electron chi connectivity index (χ2n) is 9.20. The maximum Gasteiger partial charge on any atom is 0.294 e. The zero-order valence-electron chi connectivity index (χ0n) is 20.6. The Kier molecular flexibility index (Phi) is 5.23. The monoisotopic (exact) mass is 514 g/mol. The number of carbonyl (C=O) groups is 1. The maximum atomic E-state index is 13.7. The number of hydrogen-bond acceptors (Lipinski definition) is 6. The van der Waals surface area contributed by atoms with Crippen LogP contribution < -0.4 is 0 Å². The molecule has 7 rings (SSSR count). The van der Waals surface area contributed by atoms with E-state index >= 15 is 0 Å². The summed E-state index contributed by atoms with van der Waals surface area (Å²) in [6.45, 7) is 1.83. The molecule has 0 amide bonds. The molecule has 3 heterocycles. The number of hydrogen-bond donors (Lipinski definition) is 0. The van der Waals surface area contributed by atoms with Gasteiger partial charge in [0.1, 0.15) is 22.7 Å². The molecule has 0 unspecified atom stereocenters. The van der Waals surface area contributed by atoms with Gasteiger partial charge < -0.3 is 13.4 Å². The van der Waals surface area contributed by atoms with E-state index in [9.17, 15) is 9.18 Å². The van der Waals surface area contributed by atoms with Crippen LogP contribution in [0.15, 0.2) is 110 Å². The van der Waals surface area contributed by atoms with Crippen LogP contribution in [-0.2, 0) is 0 Å². The maximum absolute atomic E-state index is 13.7. The molecule has 39 heavy (non-hydrogen) atoms. The topological polar surface area (TPSA) is 82.3 Å². The normalized spacial score (nSPS) is 11.4. The summed E-state index contributed by atoms with van der Waals surface area (Å²) in [5, 5.41) is 5.49. The number of ketones is 1.